The third-order valence-corrected chi connectivity index (χ3v) is 5.17. The maximum atomic E-state index is 3.82. The zero-order chi connectivity index (χ0) is 11.7. The van der Waals surface area contributed by atoms with Gasteiger partial charge in [-0.2, -0.15) is 0 Å². The van der Waals surface area contributed by atoms with Crippen LogP contribution in [0, 0.1) is 0 Å². The van der Waals surface area contributed by atoms with Gasteiger partial charge < -0.3 is 10.2 Å². The van der Waals surface area contributed by atoms with E-state index in [4.69, 9.17) is 0 Å². The second-order valence-corrected chi connectivity index (χ2v) is 6.42. The molecule has 3 rings (SSSR count). The lowest BCUT2D eigenvalue weighted by Crippen LogP contribution is -2.62. The molecule has 1 saturated carbocycles. The van der Waals surface area contributed by atoms with Crippen molar-refractivity contribution in [2.75, 3.05) is 39.8 Å². The van der Waals surface area contributed by atoms with Gasteiger partial charge >= 0.3 is 0 Å². The van der Waals surface area contributed by atoms with Crippen LogP contribution in [0.2, 0.25) is 0 Å². The van der Waals surface area contributed by atoms with Gasteiger partial charge in [0.05, 0.1) is 0 Å². The van der Waals surface area contributed by atoms with Crippen LogP contribution in [0.4, 0.5) is 0 Å². The summed E-state index contributed by atoms with van der Waals surface area (Å²) >= 11 is 0. The molecule has 17 heavy (non-hydrogen) atoms. The van der Waals surface area contributed by atoms with Crippen molar-refractivity contribution in [1.29, 1.82) is 0 Å². The van der Waals surface area contributed by atoms with Crippen LogP contribution in [0.3, 0.4) is 0 Å². The summed E-state index contributed by atoms with van der Waals surface area (Å²) in [5.74, 6) is 0. The average molecular weight is 237 g/mol. The first-order valence-electron chi connectivity index (χ1n) is 7.45. The second kappa shape index (κ2) is 4.87. The Morgan fingerprint density at radius 2 is 1.76 bits per heavy atom. The summed E-state index contributed by atoms with van der Waals surface area (Å²) in [4.78, 5) is 5.28. The van der Waals surface area contributed by atoms with E-state index in [0.29, 0.717) is 5.54 Å². The number of rotatable bonds is 1. The molecule has 0 aromatic rings. The van der Waals surface area contributed by atoms with Crippen molar-refractivity contribution >= 4 is 0 Å². The number of hydrogen-bond acceptors (Lipinski definition) is 3. The number of piperidine rings is 1. The molecular formula is C14H27N3. The molecule has 3 fully saturated rings. The predicted octanol–water partition coefficient (Wildman–Crippen LogP) is 1.30. The fraction of sp³-hybridized carbons (Fsp3) is 1.00. The normalized spacial score (nSPS) is 32.3. The molecule has 0 amide bonds. The fourth-order valence-electron chi connectivity index (χ4n) is 4.05. The molecule has 0 aromatic heterocycles. The van der Waals surface area contributed by atoms with Crippen LogP contribution in [-0.4, -0.2) is 61.2 Å². The van der Waals surface area contributed by atoms with E-state index in [1.54, 1.807) is 0 Å². The van der Waals surface area contributed by atoms with Gasteiger partial charge in [0.1, 0.15) is 0 Å². The van der Waals surface area contributed by atoms with Crippen molar-refractivity contribution < 1.29 is 0 Å². The lowest BCUT2D eigenvalue weighted by Gasteiger charge is -2.46. The SMILES string of the molecule is CN1CCC(N2CCNC3(CCCC3)C2)CC1. The van der Waals surface area contributed by atoms with Gasteiger partial charge in [-0.25, -0.2) is 0 Å². The molecule has 2 saturated heterocycles. The van der Waals surface area contributed by atoms with Crippen LogP contribution in [0.5, 0.6) is 0 Å². The summed E-state index contributed by atoms with van der Waals surface area (Å²) in [6.07, 6.45) is 8.47. The van der Waals surface area contributed by atoms with Crippen molar-refractivity contribution in [3.8, 4) is 0 Å². The first-order chi connectivity index (χ1) is 8.27. The van der Waals surface area contributed by atoms with Crippen molar-refractivity contribution in [3.05, 3.63) is 0 Å². The molecule has 0 atom stereocenters. The molecule has 3 heteroatoms. The summed E-state index contributed by atoms with van der Waals surface area (Å²) in [6.45, 7) is 6.40. The van der Waals surface area contributed by atoms with E-state index < -0.39 is 0 Å². The number of likely N-dealkylation sites (tertiary alicyclic amines) is 1. The van der Waals surface area contributed by atoms with Crippen LogP contribution in [0.15, 0.2) is 0 Å². The van der Waals surface area contributed by atoms with Crippen molar-refractivity contribution in [2.24, 2.45) is 0 Å². The Balaban J connectivity index is 1.60. The van der Waals surface area contributed by atoms with E-state index in [2.05, 4.69) is 22.2 Å². The average Bonchev–Trinajstić information content (AvgIpc) is 2.78. The minimum atomic E-state index is 0.502. The van der Waals surface area contributed by atoms with E-state index in [9.17, 15) is 0 Å². The van der Waals surface area contributed by atoms with E-state index in [0.717, 1.165) is 6.04 Å². The minimum absolute atomic E-state index is 0.502. The first kappa shape index (κ1) is 11.9. The van der Waals surface area contributed by atoms with E-state index >= 15 is 0 Å². The van der Waals surface area contributed by atoms with E-state index in [1.807, 2.05) is 0 Å². The molecule has 0 radical (unpaired) electrons. The molecule has 0 unspecified atom stereocenters. The second-order valence-electron chi connectivity index (χ2n) is 6.42. The van der Waals surface area contributed by atoms with Gasteiger partial charge in [-0.15, -0.1) is 0 Å². The lowest BCUT2D eigenvalue weighted by molar-refractivity contribution is 0.0609. The quantitative estimate of drug-likeness (QED) is 0.741. The number of nitrogens with one attached hydrogen (secondary N) is 1. The van der Waals surface area contributed by atoms with Gasteiger partial charge in [0.25, 0.3) is 0 Å². The molecule has 0 bridgehead atoms. The predicted molar refractivity (Wildman–Crippen MR) is 71.3 cm³/mol. The number of piperazine rings is 1. The van der Waals surface area contributed by atoms with Crippen molar-refractivity contribution in [3.63, 3.8) is 0 Å². The highest BCUT2D eigenvalue weighted by molar-refractivity contribution is 4.99. The summed E-state index contributed by atoms with van der Waals surface area (Å²) < 4.78 is 0. The third kappa shape index (κ3) is 2.51. The molecule has 1 spiro atoms. The van der Waals surface area contributed by atoms with Crippen molar-refractivity contribution in [2.45, 2.75) is 50.1 Å². The molecule has 3 nitrogen and oxygen atoms in total. The van der Waals surface area contributed by atoms with Gasteiger partial charge in [0, 0.05) is 31.2 Å². The van der Waals surface area contributed by atoms with Crippen LogP contribution in [-0.2, 0) is 0 Å². The Bertz CT molecular complexity index is 252. The van der Waals surface area contributed by atoms with E-state index in [-0.39, 0.29) is 0 Å². The molecule has 0 aromatic carbocycles. The first-order valence-corrected chi connectivity index (χ1v) is 7.45. The Kier molecular flexibility index (Phi) is 3.42. The largest absolute Gasteiger partial charge is 0.309 e. The van der Waals surface area contributed by atoms with Crippen molar-refractivity contribution in [1.82, 2.24) is 15.1 Å². The topological polar surface area (TPSA) is 18.5 Å². The van der Waals surface area contributed by atoms with Gasteiger partial charge in [-0.05, 0) is 45.8 Å². The maximum Gasteiger partial charge on any atom is 0.0309 e. The Morgan fingerprint density at radius 1 is 1.06 bits per heavy atom. The maximum absolute atomic E-state index is 3.82. The molecule has 2 heterocycles. The highest BCUT2D eigenvalue weighted by atomic mass is 15.3. The number of nitrogens with zero attached hydrogens (tertiary/aromatic N) is 2. The Morgan fingerprint density at radius 3 is 2.47 bits per heavy atom. The molecule has 1 N–H and O–H groups in total. The highest BCUT2D eigenvalue weighted by Gasteiger charge is 2.39. The molecular weight excluding hydrogens is 210 g/mol. The standard InChI is InChI=1S/C14H27N3/c1-16-9-4-13(5-10-16)17-11-8-15-14(12-17)6-2-3-7-14/h13,15H,2-12H2,1H3. The fourth-order valence-corrected chi connectivity index (χ4v) is 4.05. The third-order valence-electron chi connectivity index (χ3n) is 5.17. The van der Waals surface area contributed by atoms with E-state index in [1.165, 1.54) is 71.2 Å². The van der Waals surface area contributed by atoms with Gasteiger partial charge in [0.2, 0.25) is 0 Å². The van der Waals surface area contributed by atoms with Crippen LogP contribution in [0.1, 0.15) is 38.5 Å². The monoisotopic (exact) mass is 237 g/mol. The van der Waals surface area contributed by atoms with Crippen LogP contribution < -0.4 is 5.32 Å². The lowest BCUT2D eigenvalue weighted by atomic mass is 9.92. The smallest absolute Gasteiger partial charge is 0.0309 e. The summed E-state index contributed by atoms with van der Waals surface area (Å²) in [5.41, 5.74) is 0.502. The summed E-state index contributed by atoms with van der Waals surface area (Å²) in [6, 6.07) is 0.866. The minimum Gasteiger partial charge on any atom is -0.309 e. The van der Waals surface area contributed by atoms with Crippen LogP contribution >= 0.6 is 0 Å². The van der Waals surface area contributed by atoms with Gasteiger partial charge in [-0.1, -0.05) is 12.8 Å². The Labute approximate surface area is 106 Å². The van der Waals surface area contributed by atoms with Gasteiger partial charge in [-0.3, -0.25) is 4.90 Å². The van der Waals surface area contributed by atoms with Crippen LogP contribution in [0.25, 0.3) is 0 Å². The zero-order valence-corrected chi connectivity index (χ0v) is 11.2. The Hall–Kier alpha value is -0.120. The zero-order valence-electron chi connectivity index (χ0n) is 11.2. The summed E-state index contributed by atoms with van der Waals surface area (Å²) in [7, 11) is 2.26. The molecule has 3 aliphatic rings. The molecule has 98 valence electrons. The highest BCUT2D eigenvalue weighted by Crippen LogP contribution is 2.33. The number of hydrogen-bond donors (Lipinski definition) is 1. The molecule has 1 aliphatic carbocycles. The summed E-state index contributed by atoms with van der Waals surface area (Å²) in [5, 5.41) is 3.82. The molecule has 2 aliphatic heterocycles. The van der Waals surface area contributed by atoms with Gasteiger partial charge in [0.15, 0.2) is 0 Å².